The van der Waals surface area contributed by atoms with E-state index in [1.807, 2.05) is 6.92 Å². The van der Waals surface area contributed by atoms with Gasteiger partial charge in [-0.15, -0.1) is 0 Å². The van der Waals surface area contributed by atoms with Gasteiger partial charge in [-0.3, -0.25) is 4.79 Å². The topological polar surface area (TPSA) is 67.8 Å². The van der Waals surface area contributed by atoms with Crippen LogP contribution in [0.2, 0.25) is 0 Å². The molecule has 1 rings (SSSR count). The molecule has 5 heteroatoms. The summed E-state index contributed by atoms with van der Waals surface area (Å²) in [4.78, 5) is 11.8. The zero-order chi connectivity index (χ0) is 15.0. The van der Waals surface area contributed by atoms with E-state index in [0.29, 0.717) is 17.9 Å². The Bertz CT molecular complexity index is 434. The molecular formula is C15H23NO4. The fourth-order valence-corrected chi connectivity index (χ4v) is 1.90. The molecule has 0 aliphatic rings. The Labute approximate surface area is 119 Å². The summed E-state index contributed by atoms with van der Waals surface area (Å²) in [6.45, 7) is 2.28. The fraction of sp³-hybridized carbons (Fsp3) is 0.533. The number of rotatable bonds is 8. The van der Waals surface area contributed by atoms with E-state index in [4.69, 9.17) is 9.47 Å². The summed E-state index contributed by atoms with van der Waals surface area (Å²) in [6.07, 6.45) is 1.31. The van der Waals surface area contributed by atoms with Crippen molar-refractivity contribution in [2.24, 2.45) is 0 Å². The molecule has 112 valence electrons. The summed E-state index contributed by atoms with van der Waals surface area (Å²) >= 11 is 0. The average molecular weight is 281 g/mol. The molecule has 1 amide bonds. The summed E-state index contributed by atoms with van der Waals surface area (Å²) < 4.78 is 10.4. The van der Waals surface area contributed by atoms with Gasteiger partial charge in [-0.25, -0.2) is 0 Å². The second-order valence-corrected chi connectivity index (χ2v) is 4.60. The monoisotopic (exact) mass is 281 g/mol. The maximum atomic E-state index is 11.8. The van der Waals surface area contributed by atoms with E-state index >= 15 is 0 Å². The molecule has 0 radical (unpaired) electrons. The number of amides is 1. The molecule has 0 heterocycles. The molecule has 5 nitrogen and oxygen atoms in total. The van der Waals surface area contributed by atoms with E-state index in [-0.39, 0.29) is 18.9 Å². The van der Waals surface area contributed by atoms with Crippen LogP contribution >= 0.6 is 0 Å². The lowest BCUT2D eigenvalue weighted by Gasteiger charge is -2.12. The number of nitrogens with one attached hydrogen (secondary N) is 1. The van der Waals surface area contributed by atoms with Crippen LogP contribution in [0.25, 0.3) is 0 Å². The van der Waals surface area contributed by atoms with Crippen molar-refractivity contribution in [1.82, 2.24) is 5.32 Å². The fourth-order valence-electron chi connectivity index (χ4n) is 1.90. The zero-order valence-corrected chi connectivity index (χ0v) is 12.3. The molecule has 0 fully saturated rings. The lowest BCUT2D eigenvalue weighted by molar-refractivity contribution is -0.120. The first-order valence-corrected chi connectivity index (χ1v) is 6.76. The van der Waals surface area contributed by atoms with Crippen molar-refractivity contribution in [1.29, 1.82) is 0 Å². The lowest BCUT2D eigenvalue weighted by atomic mass is 10.1. The van der Waals surface area contributed by atoms with Crippen LogP contribution in [0.5, 0.6) is 11.5 Å². The number of methoxy groups -OCH3 is 2. The highest BCUT2D eigenvalue weighted by molar-refractivity contribution is 5.79. The van der Waals surface area contributed by atoms with Crippen LogP contribution in [0, 0.1) is 0 Å². The minimum atomic E-state index is -0.485. The van der Waals surface area contributed by atoms with E-state index in [1.165, 1.54) is 0 Å². The maximum Gasteiger partial charge on any atom is 0.224 e. The van der Waals surface area contributed by atoms with Gasteiger partial charge in [0.2, 0.25) is 5.91 Å². The highest BCUT2D eigenvalue weighted by Gasteiger charge is 2.11. The number of hydrogen-bond donors (Lipinski definition) is 2. The van der Waals surface area contributed by atoms with Crippen LogP contribution in [0.3, 0.4) is 0 Å². The molecule has 1 unspecified atom stereocenters. The maximum absolute atomic E-state index is 11.8. The van der Waals surface area contributed by atoms with Crippen LogP contribution in [-0.4, -0.2) is 37.9 Å². The van der Waals surface area contributed by atoms with Gasteiger partial charge >= 0.3 is 0 Å². The van der Waals surface area contributed by atoms with Crippen molar-refractivity contribution in [3.63, 3.8) is 0 Å². The summed E-state index contributed by atoms with van der Waals surface area (Å²) in [5.74, 6) is 1.17. The summed E-state index contributed by atoms with van der Waals surface area (Å²) in [5, 5.41) is 12.3. The Kier molecular flexibility index (Phi) is 6.87. The predicted molar refractivity (Wildman–Crippen MR) is 77.2 cm³/mol. The second kappa shape index (κ2) is 8.43. The number of benzene rings is 1. The molecule has 0 bridgehead atoms. The zero-order valence-electron chi connectivity index (χ0n) is 12.3. The first kappa shape index (κ1) is 16.3. The van der Waals surface area contributed by atoms with Crippen LogP contribution in [-0.2, 0) is 11.2 Å². The lowest BCUT2D eigenvalue weighted by Crippen LogP contribution is -2.33. The minimum Gasteiger partial charge on any atom is -0.497 e. The third-order valence-corrected chi connectivity index (χ3v) is 3.00. The molecular weight excluding hydrogens is 258 g/mol. The largest absolute Gasteiger partial charge is 0.497 e. The Hall–Kier alpha value is -1.75. The van der Waals surface area contributed by atoms with Crippen LogP contribution in [0.15, 0.2) is 18.2 Å². The Morgan fingerprint density at radius 2 is 2.10 bits per heavy atom. The van der Waals surface area contributed by atoms with Crippen LogP contribution < -0.4 is 14.8 Å². The van der Waals surface area contributed by atoms with E-state index in [0.717, 1.165) is 12.0 Å². The van der Waals surface area contributed by atoms with Crippen molar-refractivity contribution in [3.05, 3.63) is 23.8 Å². The van der Waals surface area contributed by atoms with Crippen molar-refractivity contribution in [2.75, 3.05) is 20.8 Å². The van der Waals surface area contributed by atoms with Gasteiger partial charge in [-0.05, 0) is 12.5 Å². The average Bonchev–Trinajstić information content (AvgIpc) is 2.46. The third kappa shape index (κ3) is 5.09. The van der Waals surface area contributed by atoms with Gasteiger partial charge in [-0.1, -0.05) is 19.4 Å². The van der Waals surface area contributed by atoms with Gasteiger partial charge in [0.05, 0.1) is 26.7 Å². The predicted octanol–water partition coefficient (Wildman–Crippen LogP) is 1.52. The number of hydrogen-bond acceptors (Lipinski definition) is 4. The van der Waals surface area contributed by atoms with Crippen molar-refractivity contribution >= 4 is 5.91 Å². The molecule has 2 N–H and O–H groups in total. The number of carbonyl (C=O) groups is 1. The second-order valence-electron chi connectivity index (χ2n) is 4.60. The number of carbonyl (C=O) groups excluding carboxylic acids is 1. The molecule has 0 saturated carbocycles. The van der Waals surface area contributed by atoms with Crippen molar-refractivity contribution in [3.8, 4) is 11.5 Å². The molecule has 0 spiro atoms. The quantitative estimate of drug-likeness (QED) is 0.758. The van der Waals surface area contributed by atoms with Gasteiger partial charge < -0.3 is 19.9 Å². The first-order chi connectivity index (χ1) is 9.60. The summed E-state index contributed by atoms with van der Waals surface area (Å²) in [5.41, 5.74) is 0.788. The van der Waals surface area contributed by atoms with Gasteiger partial charge in [0, 0.05) is 18.2 Å². The smallest absolute Gasteiger partial charge is 0.224 e. The highest BCUT2D eigenvalue weighted by atomic mass is 16.5. The van der Waals surface area contributed by atoms with Gasteiger partial charge in [0.25, 0.3) is 0 Å². The van der Waals surface area contributed by atoms with E-state index in [9.17, 15) is 9.90 Å². The number of ether oxygens (including phenoxy) is 2. The molecule has 0 aliphatic heterocycles. The molecule has 1 aromatic carbocycles. The molecule has 0 aromatic heterocycles. The molecule has 1 aromatic rings. The van der Waals surface area contributed by atoms with Crippen LogP contribution in [0.1, 0.15) is 25.3 Å². The SMILES string of the molecule is CCCC(O)CNC(=O)Cc1ccc(OC)cc1OC. The standard InChI is InChI=1S/C15H23NO4/c1-4-5-12(17)10-16-15(18)8-11-6-7-13(19-2)9-14(11)20-3/h6-7,9,12,17H,4-5,8,10H2,1-3H3,(H,16,18). The van der Waals surface area contributed by atoms with E-state index in [1.54, 1.807) is 32.4 Å². The van der Waals surface area contributed by atoms with E-state index < -0.39 is 6.10 Å². The number of aliphatic hydroxyl groups is 1. The van der Waals surface area contributed by atoms with Gasteiger partial charge in [0.15, 0.2) is 0 Å². The first-order valence-electron chi connectivity index (χ1n) is 6.76. The Morgan fingerprint density at radius 3 is 2.70 bits per heavy atom. The molecule has 1 atom stereocenters. The Morgan fingerprint density at radius 1 is 1.35 bits per heavy atom. The summed E-state index contributed by atoms with van der Waals surface area (Å²) in [6, 6.07) is 5.34. The minimum absolute atomic E-state index is 0.136. The van der Waals surface area contributed by atoms with Crippen LogP contribution in [0.4, 0.5) is 0 Å². The Balaban J connectivity index is 2.57. The molecule has 20 heavy (non-hydrogen) atoms. The van der Waals surface area contributed by atoms with Crippen molar-refractivity contribution < 1.29 is 19.4 Å². The molecule has 0 aliphatic carbocycles. The number of aliphatic hydroxyl groups excluding tert-OH is 1. The molecule has 0 saturated heterocycles. The van der Waals surface area contributed by atoms with Gasteiger partial charge in [0.1, 0.15) is 11.5 Å². The van der Waals surface area contributed by atoms with Gasteiger partial charge in [-0.2, -0.15) is 0 Å². The normalized spacial score (nSPS) is 11.8. The summed E-state index contributed by atoms with van der Waals surface area (Å²) in [7, 11) is 3.14. The highest BCUT2D eigenvalue weighted by Crippen LogP contribution is 2.24. The third-order valence-electron chi connectivity index (χ3n) is 3.00. The van der Waals surface area contributed by atoms with E-state index in [2.05, 4.69) is 5.32 Å². The van der Waals surface area contributed by atoms with Crippen molar-refractivity contribution in [2.45, 2.75) is 32.3 Å².